The Balaban J connectivity index is 1.40. The van der Waals surface area contributed by atoms with Gasteiger partial charge in [-0.05, 0) is 54.0 Å². The van der Waals surface area contributed by atoms with E-state index in [-0.39, 0.29) is 11.0 Å². The summed E-state index contributed by atoms with van der Waals surface area (Å²) in [5, 5.41) is 6.43. The van der Waals surface area contributed by atoms with E-state index in [9.17, 15) is 4.79 Å². The Morgan fingerprint density at radius 1 is 0.929 bits per heavy atom. The minimum Gasteiger partial charge on any atom is -0.332 e. The largest absolute Gasteiger partial charge is 0.332 e. The quantitative estimate of drug-likeness (QED) is 0.470. The van der Waals surface area contributed by atoms with Crippen LogP contribution >= 0.6 is 23.6 Å². The van der Waals surface area contributed by atoms with Crippen molar-refractivity contribution >= 4 is 50.5 Å². The summed E-state index contributed by atoms with van der Waals surface area (Å²) < 4.78 is 0.972. The van der Waals surface area contributed by atoms with Gasteiger partial charge in [-0.3, -0.25) is 10.1 Å². The van der Waals surface area contributed by atoms with Gasteiger partial charge in [-0.2, -0.15) is 0 Å². The highest BCUT2D eigenvalue weighted by Gasteiger charge is 2.13. The number of nitrogens with zero attached hydrogens (tertiary/aromatic N) is 1. The van der Waals surface area contributed by atoms with Crippen molar-refractivity contribution in [1.82, 2.24) is 10.3 Å². The summed E-state index contributed by atoms with van der Waals surface area (Å²) in [6, 6.07) is 25.9. The Bertz CT molecular complexity index is 1110. The predicted octanol–water partition coefficient (Wildman–Crippen LogP) is 5.01. The van der Waals surface area contributed by atoms with E-state index < -0.39 is 0 Å². The van der Waals surface area contributed by atoms with Gasteiger partial charge in [0.15, 0.2) is 10.1 Å². The molecule has 0 aliphatic carbocycles. The number of para-hydroxylation sites is 1. The van der Waals surface area contributed by atoms with Crippen LogP contribution in [0.25, 0.3) is 10.2 Å². The third-order valence-electron chi connectivity index (χ3n) is 4.15. The van der Waals surface area contributed by atoms with Crippen LogP contribution in [0, 0.1) is 0 Å². The van der Waals surface area contributed by atoms with Crippen LogP contribution < -0.4 is 10.6 Å². The van der Waals surface area contributed by atoms with Gasteiger partial charge in [0.25, 0.3) is 5.91 Å². The molecule has 6 heteroatoms. The molecule has 4 nitrogen and oxygen atoms in total. The Hall–Kier alpha value is -3.09. The van der Waals surface area contributed by atoms with Crippen molar-refractivity contribution in [3.8, 4) is 0 Å². The summed E-state index contributed by atoms with van der Waals surface area (Å²) in [4.78, 5) is 16.8. The fraction of sp³-hybridized carbons (Fsp3) is 0.0455. The number of amides is 1. The number of carbonyl (C=O) groups is 1. The average Bonchev–Trinajstić information content (AvgIpc) is 3.13. The summed E-state index contributed by atoms with van der Waals surface area (Å²) in [6.45, 7) is 0. The molecular weight excluding hydrogens is 386 g/mol. The van der Waals surface area contributed by atoms with Crippen molar-refractivity contribution in [3.05, 3.63) is 95.0 Å². The van der Waals surface area contributed by atoms with Crippen LogP contribution in [0.1, 0.15) is 20.9 Å². The Kier molecular flexibility index (Phi) is 5.41. The summed E-state index contributed by atoms with van der Waals surface area (Å²) in [6.07, 6.45) is 0.835. The minimum absolute atomic E-state index is 0.251. The molecule has 0 atom stereocenters. The van der Waals surface area contributed by atoms with Gasteiger partial charge in [0, 0.05) is 5.69 Å². The monoisotopic (exact) mass is 403 g/mol. The van der Waals surface area contributed by atoms with Gasteiger partial charge in [-0.15, -0.1) is 11.3 Å². The van der Waals surface area contributed by atoms with Gasteiger partial charge < -0.3 is 5.32 Å². The number of carbonyl (C=O) groups excluding carboxylic acids is 1. The normalized spacial score (nSPS) is 10.6. The number of nitrogens with one attached hydrogen (secondary N) is 2. The number of aromatic nitrogens is 1. The number of anilines is 1. The van der Waals surface area contributed by atoms with Crippen molar-refractivity contribution in [2.24, 2.45) is 0 Å². The molecule has 0 fully saturated rings. The molecule has 1 amide bonds. The van der Waals surface area contributed by atoms with Crippen LogP contribution in [0.2, 0.25) is 0 Å². The second-order valence-corrected chi connectivity index (χ2v) is 7.70. The molecule has 0 saturated carbocycles. The summed E-state index contributed by atoms with van der Waals surface area (Å²) in [7, 11) is 0. The first-order valence-corrected chi connectivity index (χ1v) is 10.0. The summed E-state index contributed by atoms with van der Waals surface area (Å²) in [5.74, 6) is -0.306. The van der Waals surface area contributed by atoms with E-state index in [0.717, 1.165) is 27.9 Å². The number of hydrogen-bond acceptors (Lipinski definition) is 4. The van der Waals surface area contributed by atoms with Gasteiger partial charge in [0.2, 0.25) is 0 Å². The molecule has 28 heavy (non-hydrogen) atoms. The molecular formula is C22H17N3OS2. The summed E-state index contributed by atoms with van der Waals surface area (Å²) >= 11 is 6.65. The van der Waals surface area contributed by atoms with E-state index in [1.54, 1.807) is 0 Å². The SMILES string of the molecule is O=C(NC(=S)Nc1cccc(Cc2ccccc2)c1)c1nc2ccccc2s1. The van der Waals surface area contributed by atoms with E-state index in [0.29, 0.717) is 5.01 Å². The van der Waals surface area contributed by atoms with Crippen LogP contribution in [-0.2, 0) is 6.42 Å². The van der Waals surface area contributed by atoms with Gasteiger partial charge >= 0.3 is 0 Å². The maximum Gasteiger partial charge on any atom is 0.286 e. The first-order chi connectivity index (χ1) is 13.7. The molecule has 2 N–H and O–H groups in total. The summed E-state index contributed by atoms with van der Waals surface area (Å²) in [5.41, 5.74) is 4.05. The zero-order valence-electron chi connectivity index (χ0n) is 14.9. The first-order valence-electron chi connectivity index (χ1n) is 8.78. The number of thiocarbonyl (C=S) groups is 1. The topological polar surface area (TPSA) is 54.0 Å². The second kappa shape index (κ2) is 8.29. The molecule has 4 aromatic rings. The van der Waals surface area contributed by atoms with Crippen LogP contribution in [0.4, 0.5) is 5.69 Å². The third kappa shape index (κ3) is 4.42. The van der Waals surface area contributed by atoms with Crippen molar-refractivity contribution in [2.75, 3.05) is 5.32 Å². The molecule has 0 aliphatic rings. The van der Waals surface area contributed by atoms with Gasteiger partial charge in [0.1, 0.15) is 0 Å². The van der Waals surface area contributed by atoms with E-state index in [4.69, 9.17) is 12.2 Å². The smallest absolute Gasteiger partial charge is 0.286 e. The third-order valence-corrected chi connectivity index (χ3v) is 5.39. The molecule has 4 rings (SSSR count). The predicted molar refractivity (Wildman–Crippen MR) is 119 cm³/mol. The maximum atomic E-state index is 12.4. The lowest BCUT2D eigenvalue weighted by Crippen LogP contribution is -2.34. The molecule has 0 aliphatic heterocycles. The van der Waals surface area contributed by atoms with Crippen molar-refractivity contribution in [3.63, 3.8) is 0 Å². The van der Waals surface area contributed by atoms with E-state index in [1.807, 2.05) is 60.7 Å². The lowest BCUT2D eigenvalue weighted by molar-refractivity contribution is 0.0977. The first kappa shape index (κ1) is 18.3. The fourth-order valence-electron chi connectivity index (χ4n) is 2.88. The number of fused-ring (bicyclic) bond motifs is 1. The van der Waals surface area contributed by atoms with Crippen molar-refractivity contribution < 1.29 is 4.79 Å². The number of rotatable bonds is 4. The molecule has 0 bridgehead atoms. The van der Waals surface area contributed by atoms with Crippen LogP contribution in [-0.4, -0.2) is 16.0 Å². The fourth-order valence-corrected chi connectivity index (χ4v) is 3.95. The maximum absolute atomic E-state index is 12.4. The number of thiazole rings is 1. The highest BCUT2D eigenvalue weighted by atomic mass is 32.1. The van der Waals surface area contributed by atoms with E-state index in [1.165, 1.54) is 16.9 Å². The highest BCUT2D eigenvalue weighted by Crippen LogP contribution is 2.21. The van der Waals surface area contributed by atoms with Gasteiger partial charge in [0.05, 0.1) is 10.2 Å². The minimum atomic E-state index is -0.306. The molecule has 0 saturated heterocycles. The zero-order chi connectivity index (χ0) is 19.3. The Morgan fingerprint density at radius 3 is 2.50 bits per heavy atom. The average molecular weight is 404 g/mol. The molecule has 0 radical (unpaired) electrons. The molecule has 138 valence electrons. The standard InChI is InChI=1S/C22H17N3OS2/c26-20(21-24-18-11-4-5-12-19(18)28-21)25-22(27)23-17-10-6-9-16(14-17)13-15-7-2-1-3-8-15/h1-12,14H,13H2,(H2,23,25,26,27). The van der Waals surface area contributed by atoms with Gasteiger partial charge in [-0.25, -0.2) is 4.98 Å². The van der Waals surface area contributed by atoms with Crippen molar-refractivity contribution in [2.45, 2.75) is 6.42 Å². The Morgan fingerprint density at radius 2 is 1.68 bits per heavy atom. The number of benzene rings is 3. The lowest BCUT2D eigenvalue weighted by Gasteiger charge is -2.10. The highest BCUT2D eigenvalue weighted by molar-refractivity contribution is 7.80. The number of hydrogen-bond donors (Lipinski definition) is 2. The Labute approximate surface area is 172 Å². The van der Waals surface area contributed by atoms with E-state index >= 15 is 0 Å². The van der Waals surface area contributed by atoms with Crippen molar-refractivity contribution in [1.29, 1.82) is 0 Å². The zero-order valence-corrected chi connectivity index (χ0v) is 16.5. The van der Waals surface area contributed by atoms with Crippen LogP contribution in [0.5, 0.6) is 0 Å². The molecule has 1 heterocycles. The molecule has 1 aromatic heterocycles. The molecule has 3 aromatic carbocycles. The molecule has 0 spiro atoms. The lowest BCUT2D eigenvalue weighted by atomic mass is 10.0. The van der Waals surface area contributed by atoms with E-state index in [2.05, 4.69) is 33.8 Å². The van der Waals surface area contributed by atoms with Crippen LogP contribution in [0.3, 0.4) is 0 Å². The second-order valence-electron chi connectivity index (χ2n) is 6.26. The molecule has 0 unspecified atom stereocenters. The van der Waals surface area contributed by atoms with Crippen LogP contribution in [0.15, 0.2) is 78.9 Å². The van der Waals surface area contributed by atoms with Gasteiger partial charge in [-0.1, -0.05) is 54.6 Å².